The van der Waals surface area contributed by atoms with E-state index in [0.717, 1.165) is 25.0 Å². The van der Waals surface area contributed by atoms with Crippen molar-refractivity contribution >= 4 is 17.5 Å². The molecule has 1 atom stereocenters. The molecule has 0 spiro atoms. The van der Waals surface area contributed by atoms with E-state index in [4.69, 9.17) is 0 Å². The molecule has 1 saturated heterocycles. The molecule has 0 bridgehead atoms. The quantitative estimate of drug-likeness (QED) is 0.894. The van der Waals surface area contributed by atoms with Gasteiger partial charge in [0, 0.05) is 11.8 Å². The zero-order chi connectivity index (χ0) is 14.5. The van der Waals surface area contributed by atoms with E-state index < -0.39 is 17.2 Å². The van der Waals surface area contributed by atoms with Crippen LogP contribution in [0.25, 0.3) is 0 Å². The molecule has 1 aliphatic heterocycles. The van der Waals surface area contributed by atoms with E-state index in [-0.39, 0.29) is 30.0 Å². The summed E-state index contributed by atoms with van der Waals surface area (Å²) in [7, 11) is 0. The van der Waals surface area contributed by atoms with Crippen LogP contribution in [0, 0.1) is 17.6 Å². The fourth-order valence-electron chi connectivity index (χ4n) is 2.68. The summed E-state index contributed by atoms with van der Waals surface area (Å²) < 4.78 is 26.3. The van der Waals surface area contributed by atoms with Crippen LogP contribution < -0.4 is 10.2 Å². The summed E-state index contributed by atoms with van der Waals surface area (Å²) in [6, 6.07) is 3.21. The Balaban J connectivity index is 1.97. The van der Waals surface area contributed by atoms with Gasteiger partial charge in [0.15, 0.2) is 11.6 Å². The molecule has 1 aromatic rings. The molecule has 1 aliphatic carbocycles. The maximum atomic E-state index is 13.3. The van der Waals surface area contributed by atoms with E-state index in [2.05, 4.69) is 5.32 Å². The first-order valence-electron chi connectivity index (χ1n) is 6.50. The molecule has 20 heavy (non-hydrogen) atoms. The predicted molar refractivity (Wildman–Crippen MR) is 68.0 cm³/mol. The van der Waals surface area contributed by atoms with Gasteiger partial charge in [0.2, 0.25) is 5.91 Å². The monoisotopic (exact) mass is 280 g/mol. The Morgan fingerprint density at radius 3 is 2.55 bits per heavy atom. The molecule has 2 amide bonds. The summed E-state index contributed by atoms with van der Waals surface area (Å²) in [6.07, 6.45) is 1.77. The average Bonchev–Trinajstić information content (AvgIpc) is 3.22. The standard InChI is InChI=1S/C14H14F2N2O2/c1-14(8-2-3-8)13(20)18(7-12(19)17-14)9-4-5-10(15)11(16)6-9/h4-6,8H,2-3,7H2,1H3,(H,17,19). The van der Waals surface area contributed by atoms with Gasteiger partial charge in [-0.05, 0) is 37.8 Å². The number of piperazine rings is 1. The van der Waals surface area contributed by atoms with Crippen LogP contribution in [-0.4, -0.2) is 23.9 Å². The number of rotatable bonds is 2. The SMILES string of the molecule is CC1(C2CC2)NC(=O)CN(c2ccc(F)c(F)c2)C1=O. The number of anilines is 1. The second-order valence-corrected chi connectivity index (χ2v) is 5.51. The molecule has 6 heteroatoms. The summed E-state index contributed by atoms with van der Waals surface area (Å²) in [4.78, 5) is 25.6. The highest BCUT2D eigenvalue weighted by Crippen LogP contribution is 2.42. The van der Waals surface area contributed by atoms with Gasteiger partial charge in [-0.1, -0.05) is 0 Å². The lowest BCUT2D eigenvalue weighted by Crippen LogP contribution is -2.66. The van der Waals surface area contributed by atoms with Crippen molar-refractivity contribution in [3.8, 4) is 0 Å². The zero-order valence-electron chi connectivity index (χ0n) is 11.0. The van der Waals surface area contributed by atoms with Crippen LogP contribution in [0.1, 0.15) is 19.8 Å². The van der Waals surface area contributed by atoms with Gasteiger partial charge in [0.25, 0.3) is 5.91 Å². The van der Waals surface area contributed by atoms with Crippen molar-refractivity contribution in [2.24, 2.45) is 5.92 Å². The van der Waals surface area contributed by atoms with Gasteiger partial charge < -0.3 is 10.2 Å². The fraction of sp³-hybridized carbons (Fsp3) is 0.429. The van der Waals surface area contributed by atoms with Gasteiger partial charge in [-0.2, -0.15) is 0 Å². The van der Waals surface area contributed by atoms with Gasteiger partial charge in [0.1, 0.15) is 12.1 Å². The van der Waals surface area contributed by atoms with Crippen LogP contribution in [0.5, 0.6) is 0 Å². The van der Waals surface area contributed by atoms with Crippen molar-refractivity contribution in [1.29, 1.82) is 0 Å². The van der Waals surface area contributed by atoms with Crippen molar-refractivity contribution < 1.29 is 18.4 Å². The predicted octanol–water partition coefficient (Wildman–Crippen LogP) is 1.60. The lowest BCUT2D eigenvalue weighted by atomic mass is 9.91. The Morgan fingerprint density at radius 2 is 1.95 bits per heavy atom. The number of amides is 2. The normalized spacial score (nSPS) is 26.6. The summed E-state index contributed by atoms with van der Waals surface area (Å²) in [5, 5.41) is 2.73. The number of nitrogens with zero attached hydrogens (tertiary/aromatic N) is 1. The van der Waals surface area contributed by atoms with Crippen molar-refractivity contribution in [1.82, 2.24) is 5.32 Å². The average molecular weight is 280 g/mol. The molecule has 1 heterocycles. The highest BCUT2D eigenvalue weighted by atomic mass is 19.2. The van der Waals surface area contributed by atoms with E-state index in [9.17, 15) is 18.4 Å². The minimum absolute atomic E-state index is 0.118. The van der Waals surface area contributed by atoms with Gasteiger partial charge in [-0.25, -0.2) is 8.78 Å². The lowest BCUT2D eigenvalue weighted by molar-refractivity contribution is -0.136. The van der Waals surface area contributed by atoms with Crippen LogP contribution in [0.3, 0.4) is 0 Å². The maximum absolute atomic E-state index is 13.3. The van der Waals surface area contributed by atoms with Crippen molar-refractivity contribution in [3.63, 3.8) is 0 Å². The van der Waals surface area contributed by atoms with E-state index >= 15 is 0 Å². The number of hydrogen-bond donors (Lipinski definition) is 1. The molecular weight excluding hydrogens is 266 g/mol. The van der Waals surface area contributed by atoms with Gasteiger partial charge in [-0.15, -0.1) is 0 Å². The minimum atomic E-state index is -1.03. The number of nitrogens with one attached hydrogen (secondary N) is 1. The molecule has 1 saturated carbocycles. The first kappa shape index (κ1) is 13.0. The van der Waals surface area contributed by atoms with Crippen molar-refractivity contribution in [3.05, 3.63) is 29.8 Å². The smallest absolute Gasteiger partial charge is 0.253 e. The lowest BCUT2D eigenvalue weighted by Gasteiger charge is -2.40. The molecule has 0 aromatic heterocycles. The number of halogens is 2. The van der Waals surface area contributed by atoms with E-state index in [1.165, 1.54) is 11.0 Å². The Morgan fingerprint density at radius 1 is 1.25 bits per heavy atom. The number of hydrogen-bond acceptors (Lipinski definition) is 2. The Labute approximate surface area is 114 Å². The Hall–Kier alpha value is -1.98. The molecule has 2 aliphatic rings. The summed E-state index contributed by atoms with van der Waals surface area (Å²) in [5.41, 5.74) is -0.740. The van der Waals surface area contributed by atoms with E-state index in [1.54, 1.807) is 6.92 Å². The summed E-state index contributed by atoms with van der Waals surface area (Å²) >= 11 is 0. The number of benzene rings is 1. The van der Waals surface area contributed by atoms with Gasteiger partial charge in [0.05, 0.1) is 0 Å². The zero-order valence-corrected chi connectivity index (χ0v) is 11.0. The van der Waals surface area contributed by atoms with Crippen LogP contribution in [0.2, 0.25) is 0 Å². The molecule has 4 nitrogen and oxygen atoms in total. The third kappa shape index (κ3) is 1.95. The van der Waals surface area contributed by atoms with Gasteiger partial charge >= 0.3 is 0 Å². The molecule has 2 fully saturated rings. The van der Waals surface area contributed by atoms with Crippen molar-refractivity contribution in [2.75, 3.05) is 11.4 Å². The summed E-state index contributed by atoms with van der Waals surface area (Å²) in [6.45, 7) is 1.52. The molecule has 106 valence electrons. The largest absolute Gasteiger partial charge is 0.340 e. The highest BCUT2D eigenvalue weighted by Gasteiger charge is 2.52. The topological polar surface area (TPSA) is 49.4 Å². The van der Waals surface area contributed by atoms with E-state index in [1.807, 2.05) is 0 Å². The maximum Gasteiger partial charge on any atom is 0.253 e. The number of carbonyl (C=O) groups is 2. The molecule has 3 rings (SSSR count). The number of carbonyl (C=O) groups excluding carboxylic acids is 2. The Bertz CT molecular complexity index is 601. The van der Waals surface area contributed by atoms with Crippen LogP contribution >= 0.6 is 0 Å². The second kappa shape index (κ2) is 4.26. The second-order valence-electron chi connectivity index (χ2n) is 5.51. The van der Waals surface area contributed by atoms with Gasteiger partial charge in [-0.3, -0.25) is 9.59 Å². The highest BCUT2D eigenvalue weighted by molar-refractivity contribution is 6.09. The molecule has 0 radical (unpaired) electrons. The van der Waals surface area contributed by atoms with E-state index in [0.29, 0.717) is 0 Å². The molecular formula is C14H14F2N2O2. The molecule has 1 aromatic carbocycles. The Kier molecular flexibility index (Phi) is 2.77. The molecule has 1 unspecified atom stereocenters. The van der Waals surface area contributed by atoms with Crippen LogP contribution in [0.4, 0.5) is 14.5 Å². The van der Waals surface area contributed by atoms with Crippen LogP contribution in [-0.2, 0) is 9.59 Å². The summed E-state index contributed by atoms with van der Waals surface area (Å²) in [5.74, 6) is -2.46. The van der Waals surface area contributed by atoms with Crippen LogP contribution in [0.15, 0.2) is 18.2 Å². The third-order valence-corrected chi connectivity index (χ3v) is 4.00. The minimum Gasteiger partial charge on any atom is -0.340 e. The first-order chi connectivity index (χ1) is 9.41. The molecule has 1 N–H and O–H groups in total. The third-order valence-electron chi connectivity index (χ3n) is 4.00. The van der Waals surface area contributed by atoms with Crippen molar-refractivity contribution in [2.45, 2.75) is 25.3 Å². The fourth-order valence-corrected chi connectivity index (χ4v) is 2.68. The first-order valence-corrected chi connectivity index (χ1v) is 6.50.